The first-order chi connectivity index (χ1) is 49.4. The van der Waals surface area contributed by atoms with Crippen LogP contribution in [0.5, 0.6) is 0 Å². The van der Waals surface area contributed by atoms with E-state index < -0.39 is 17.4 Å². The molecule has 3 unspecified atom stereocenters. The second-order valence-electron chi connectivity index (χ2n) is 30.0. The zero-order valence-electron chi connectivity index (χ0n) is 60.5. The van der Waals surface area contributed by atoms with E-state index >= 15 is 0 Å². The number of aryl methyl sites for hydroxylation is 1. The van der Waals surface area contributed by atoms with E-state index in [1.54, 1.807) is 32.6 Å². The maximum absolute atomic E-state index is 13.8. The van der Waals surface area contributed by atoms with Gasteiger partial charge >= 0.3 is 0 Å². The maximum atomic E-state index is 13.8. The largest absolute Gasteiger partial charge is 0.500 e. The van der Waals surface area contributed by atoms with E-state index in [0.29, 0.717) is 139 Å². The number of aromatic nitrogens is 4. The van der Waals surface area contributed by atoms with Gasteiger partial charge in [-0.2, -0.15) is 0 Å². The minimum atomic E-state index is -2.61. The van der Waals surface area contributed by atoms with E-state index in [-0.39, 0.29) is 79.6 Å². The third-order valence-corrected chi connectivity index (χ3v) is 22.9. The van der Waals surface area contributed by atoms with Gasteiger partial charge < -0.3 is 42.0 Å². The fourth-order valence-corrected chi connectivity index (χ4v) is 17.4. The van der Waals surface area contributed by atoms with Crippen LogP contribution in [0.2, 0.25) is 15.1 Å². The van der Waals surface area contributed by atoms with E-state index in [4.69, 9.17) is 49.0 Å². The minimum Gasteiger partial charge on any atom is -0.500 e. The molecule has 103 heavy (non-hydrogen) atoms. The zero-order chi connectivity index (χ0) is 73.6. The normalized spacial score (nSPS) is 20.6. The van der Waals surface area contributed by atoms with Gasteiger partial charge in [0.25, 0.3) is 0 Å². The van der Waals surface area contributed by atoms with Crippen molar-refractivity contribution >= 4 is 85.6 Å². The number of rotatable bonds is 25. The van der Waals surface area contributed by atoms with Crippen LogP contribution < -0.4 is 0 Å². The van der Waals surface area contributed by atoms with Gasteiger partial charge in [0.15, 0.2) is 23.1 Å². The summed E-state index contributed by atoms with van der Waals surface area (Å²) in [7, 11) is 3.33. The topological polar surface area (TPSA) is 154 Å². The Kier molecular flexibility index (Phi) is 28.0. The van der Waals surface area contributed by atoms with Crippen molar-refractivity contribution in [3.63, 3.8) is 0 Å². The number of carbonyl (C=O) groups is 4. The predicted octanol–water partition coefficient (Wildman–Crippen LogP) is 21.0. The summed E-state index contributed by atoms with van der Waals surface area (Å²) in [6.07, 6.45) is 28.3. The number of aliphatic hydroxyl groups excluding tert-OH is 1. The van der Waals surface area contributed by atoms with Gasteiger partial charge in [-0.3, -0.25) is 19.2 Å². The highest BCUT2D eigenvalue weighted by molar-refractivity contribution is 6.36. The molecule has 558 valence electrons. The number of alkyl halides is 4. The fraction of sp³-hybridized carbons (Fsp3) is 0.542. The van der Waals surface area contributed by atoms with Crippen LogP contribution in [0.3, 0.4) is 0 Å². The van der Waals surface area contributed by atoms with Crippen molar-refractivity contribution in [1.82, 2.24) is 17.6 Å². The summed E-state index contributed by atoms with van der Waals surface area (Å²) in [4.78, 5) is 51.6. The quantitative estimate of drug-likeness (QED) is 0.0420. The van der Waals surface area contributed by atoms with Crippen molar-refractivity contribution in [2.24, 2.45) is 29.6 Å². The van der Waals surface area contributed by atoms with Crippen molar-refractivity contribution in [2.45, 2.75) is 218 Å². The summed E-state index contributed by atoms with van der Waals surface area (Å²) in [5.74, 6) is -3.51. The van der Waals surface area contributed by atoms with E-state index in [1.807, 2.05) is 113 Å². The van der Waals surface area contributed by atoms with Gasteiger partial charge in [-0.15, -0.1) is 0 Å². The molecule has 13 nitrogen and oxygen atoms in total. The molecule has 8 aromatic heterocycles. The number of ketones is 4. The molecule has 4 aliphatic carbocycles. The van der Waals surface area contributed by atoms with Crippen LogP contribution in [-0.4, -0.2) is 109 Å². The van der Waals surface area contributed by atoms with Crippen LogP contribution in [0.25, 0.3) is 27.6 Å². The highest BCUT2D eigenvalue weighted by atomic mass is 35.5. The van der Waals surface area contributed by atoms with Crippen LogP contribution in [-0.2, 0) is 33.5 Å². The first kappa shape index (κ1) is 79.3. The summed E-state index contributed by atoms with van der Waals surface area (Å²) in [6.45, 7) is 7.98. The molecule has 8 aromatic rings. The van der Waals surface area contributed by atoms with E-state index in [1.165, 1.54) is 38.5 Å². The number of aliphatic hydroxyl groups is 2. The zero-order valence-corrected chi connectivity index (χ0v) is 62.8. The Labute approximate surface area is 618 Å². The molecule has 4 fully saturated rings. The summed E-state index contributed by atoms with van der Waals surface area (Å²) >= 11 is 19.1. The Hall–Kier alpha value is -6.31. The van der Waals surface area contributed by atoms with Gasteiger partial charge in [0, 0.05) is 168 Å². The number of hydrogen-bond donors (Lipinski definition) is 2. The van der Waals surface area contributed by atoms with Gasteiger partial charge in [0.05, 0.1) is 74.5 Å². The molecule has 0 saturated heterocycles. The number of ether oxygens (including phenoxy) is 3. The highest BCUT2D eigenvalue weighted by Gasteiger charge is 2.40. The molecule has 0 bridgehead atoms. The van der Waals surface area contributed by atoms with Crippen molar-refractivity contribution < 1.29 is 61.2 Å². The predicted molar refractivity (Wildman–Crippen MR) is 402 cm³/mol. The summed E-state index contributed by atoms with van der Waals surface area (Å²) < 4.78 is 77.9. The number of carbonyl (C=O) groups excluding carboxylic acids is 4. The molecule has 4 atom stereocenters. The van der Waals surface area contributed by atoms with Gasteiger partial charge in [0.1, 0.15) is 0 Å². The van der Waals surface area contributed by atoms with Crippen molar-refractivity contribution in [2.75, 3.05) is 40.6 Å². The molecule has 13 rings (SSSR count). The first-order valence-electron chi connectivity index (χ1n) is 37.4. The SMILES string of the molecule is COCCc1cc(C(=O)CCC2CC(C)CC(F)(F)C2)c2c(Cl)cccn12.COCCc1cc(C(=O)CC[C@@]2(O)CCCC(C)C2)c2c(C)cccn12.O=C(CCC1CCC(F)(F)CC1)c1cc(C2=COCC2)n2cccc(Cl)c12.O=C(CCC1CCCCC1)c1cc(CCO)n2cccc(Cl)c12. The standard InChI is InChI=1S/C22H31NO3.C21H22ClF2NO2.C21H26ClF2NO2.C19H24ClNO2/c1-16-6-4-10-22(25,15-16)11-8-20(24)19-14-18(9-13-26-3)23-12-5-7-17(2)21(19)23;22-17-2-1-10-25-18(15-7-11-27-13-15)12-16(20(17)25)19(26)4-3-14-5-8-21(23,24)9-6-14;1-14-10-15(13-21(23,24)12-14)5-6-19(26)17-11-16(7-9-27-2)25-8-3-4-18(22)20(17)25;20-17-7-4-11-21-15(10-12-22)13-16(19(17)21)18(23)9-8-14-5-2-1-3-6-14/h5,7,12,14,16,25H,4,6,8-11,13,15H2,1-3H3;1-2,10,12-14H,3-9,11H2;3-4,8,11,14-15H,5-7,9-10,12-13H2,1-2H3;4,7,11,13-14,22H,1-3,5-6,8-10,12H2/t16?,22-;;;/m0.../s1. The molecule has 0 spiro atoms. The smallest absolute Gasteiger partial charge is 0.248 e. The average molecular weight is 1480 g/mol. The van der Waals surface area contributed by atoms with Crippen LogP contribution >= 0.6 is 34.8 Å². The lowest BCUT2D eigenvalue weighted by Crippen LogP contribution is -2.35. The summed E-state index contributed by atoms with van der Waals surface area (Å²) in [5.41, 5.74) is 11.2. The van der Waals surface area contributed by atoms with E-state index in [0.717, 1.165) is 95.5 Å². The number of methoxy groups -OCH3 is 2. The lowest BCUT2D eigenvalue weighted by molar-refractivity contribution is -0.0704. The molecule has 0 aromatic carbocycles. The second-order valence-corrected chi connectivity index (χ2v) is 31.2. The van der Waals surface area contributed by atoms with Crippen molar-refractivity contribution in [1.29, 1.82) is 0 Å². The van der Waals surface area contributed by atoms with Crippen LogP contribution in [0.1, 0.15) is 244 Å². The first-order valence-corrected chi connectivity index (χ1v) is 38.5. The molecular weight excluding hydrogens is 1380 g/mol. The molecule has 5 aliphatic rings. The summed E-state index contributed by atoms with van der Waals surface area (Å²) in [5, 5.41) is 21.7. The molecular formula is C83H103Cl3F4N4O9. The second kappa shape index (κ2) is 36.3. The number of Topliss-reactive ketones (excluding diaryl/α,β-unsaturated/α-hetero) is 4. The molecule has 9 heterocycles. The Bertz CT molecular complexity index is 4250. The summed E-state index contributed by atoms with van der Waals surface area (Å²) in [6, 6.07) is 22.6. The Morgan fingerprint density at radius 1 is 0.544 bits per heavy atom. The lowest BCUT2D eigenvalue weighted by Gasteiger charge is -2.35. The highest BCUT2D eigenvalue weighted by Crippen LogP contribution is 2.44. The van der Waals surface area contributed by atoms with Gasteiger partial charge in [-0.05, 0) is 167 Å². The fourth-order valence-electron chi connectivity index (χ4n) is 16.7. The third-order valence-electron chi connectivity index (χ3n) is 21.9. The van der Waals surface area contributed by atoms with E-state index in [9.17, 15) is 47.0 Å². The van der Waals surface area contributed by atoms with Gasteiger partial charge in [-0.1, -0.05) is 99.7 Å². The number of nitrogens with zero attached hydrogens (tertiary/aromatic N) is 4. The number of hydrogen-bond acceptors (Lipinski definition) is 9. The van der Waals surface area contributed by atoms with E-state index in [2.05, 4.69) is 11.3 Å². The molecule has 20 heteroatoms. The number of pyridine rings is 4. The van der Waals surface area contributed by atoms with Gasteiger partial charge in [-0.25, -0.2) is 17.6 Å². The van der Waals surface area contributed by atoms with Gasteiger partial charge in [0.2, 0.25) is 11.8 Å². The Morgan fingerprint density at radius 3 is 1.53 bits per heavy atom. The van der Waals surface area contributed by atoms with Crippen LogP contribution in [0.4, 0.5) is 17.6 Å². The third kappa shape index (κ3) is 20.4. The molecule has 1 aliphatic heterocycles. The van der Waals surface area contributed by atoms with Crippen molar-refractivity contribution in [3.8, 4) is 0 Å². The number of fused-ring (bicyclic) bond motifs is 4. The average Bonchev–Trinajstić information content (AvgIpc) is 1.64. The lowest BCUT2D eigenvalue weighted by atomic mass is 9.76. The van der Waals surface area contributed by atoms with Crippen molar-refractivity contribution in [3.05, 3.63) is 170 Å². The molecule has 4 saturated carbocycles. The monoisotopic (exact) mass is 1480 g/mol. The maximum Gasteiger partial charge on any atom is 0.248 e. The Morgan fingerprint density at radius 2 is 1.02 bits per heavy atom. The Balaban J connectivity index is 0.000000148. The minimum absolute atomic E-state index is 0.000691. The molecule has 0 radical (unpaired) electrons. The van der Waals surface area contributed by atoms with Crippen LogP contribution in [0.15, 0.2) is 104 Å². The number of halogens is 7. The molecule has 0 amide bonds. The molecule has 2 N–H and O–H groups in total. The van der Waals surface area contributed by atoms with Crippen LogP contribution in [0, 0.1) is 36.5 Å².